The SMILES string of the molecule is CCOC(=O)N1CCN(c2ncc3c(n2)C[C@@H](c2ccco2)CC3=O)CC1. The number of carbonyl (C=O) groups is 2. The molecule has 4 rings (SSSR count). The predicted molar refractivity (Wildman–Crippen MR) is 96.9 cm³/mol. The van der Waals surface area contributed by atoms with E-state index < -0.39 is 0 Å². The van der Waals surface area contributed by atoms with Gasteiger partial charge in [0.25, 0.3) is 0 Å². The Labute approximate surface area is 157 Å². The molecule has 27 heavy (non-hydrogen) atoms. The number of hydrogen-bond donors (Lipinski definition) is 0. The largest absolute Gasteiger partial charge is 0.469 e. The van der Waals surface area contributed by atoms with Crippen molar-refractivity contribution >= 4 is 17.8 Å². The number of ether oxygens (including phenoxy) is 1. The first-order valence-corrected chi connectivity index (χ1v) is 9.25. The molecule has 1 amide bonds. The molecule has 1 atom stereocenters. The third-order valence-corrected chi connectivity index (χ3v) is 5.06. The molecule has 0 spiro atoms. The molecule has 142 valence electrons. The van der Waals surface area contributed by atoms with Crippen LogP contribution in [0.5, 0.6) is 0 Å². The molecule has 2 aromatic heterocycles. The summed E-state index contributed by atoms with van der Waals surface area (Å²) in [6.07, 6.45) is 4.06. The number of ketones is 1. The number of piperazine rings is 1. The lowest BCUT2D eigenvalue weighted by Gasteiger charge is -2.34. The second kappa shape index (κ2) is 7.38. The molecule has 0 N–H and O–H groups in total. The molecule has 3 heterocycles. The van der Waals surface area contributed by atoms with Crippen LogP contribution in [-0.2, 0) is 11.2 Å². The molecule has 1 aliphatic carbocycles. The van der Waals surface area contributed by atoms with Crippen LogP contribution in [0.15, 0.2) is 29.0 Å². The van der Waals surface area contributed by atoms with Gasteiger partial charge in [0.1, 0.15) is 5.76 Å². The van der Waals surface area contributed by atoms with Gasteiger partial charge in [0.15, 0.2) is 5.78 Å². The summed E-state index contributed by atoms with van der Waals surface area (Å²) in [5, 5.41) is 0. The van der Waals surface area contributed by atoms with Crippen LogP contribution in [0.4, 0.5) is 10.7 Å². The number of Topliss-reactive ketones (excluding diaryl/α,β-unsaturated/α-hetero) is 1. The molecule has 0 radical (unpaired) electrons. The highest BCUT2D eigenvalue weighted by Gasteiger charge is 2.31. The number of nitrogens with zero attached hydrogens (tertiary/aromatic N) is 4. The fourth-order valence-corrected chi connectivity index (χ4v) is 3.62. The molecule has 0 bridgehead atoms. The molecule has 1 saturated heterocycles. The van der Waals surface area contributed by atoms with Crippen molar-refractivity contribution in [1.82, 2.24) is 14.9 Å². The van der Waals surface area contributed by atoms with Gasteiger partial charge in [-0.3, -0.25) is 4.79 Å². The Morgan fingerprint density at radius 1 is 1.30 bits per heavy atom. The molecule has 2 aliphatic rings. The van der Waals surface area contributed by atoms with Crippen LogP contribution in [-0.4, -0.2) is 59.5 Å². The minimum Gasteiger partial charge on any atom is -0.469 e. The van der Waals surface area contributed by atoms with E-state index in [0.29, 0.717) is 57.1 Å². The molecular weight excluding hydrogens is 348 g/mol. The van der Waals surface area contributed by atoms with Crippen molar-refractivity contribution in [2.75, 3.05) is 37.7 Å². The summed E-state index contributed by atoms with van der Waals surface area (Å²) in [5.41, 5.74) is 1.37. The van der Waals surface area contributed by atoms with Crippen LogP contribution < -0.4 is 4.90 Å². The second-order valence-electron chi connectivity index (χ2n) is 6.75. The van der Waals surface area contributed by atoms with Crippen LogP contribution >= 0.6 is 0 Å². The van der Waals surface area contributed by atoms with Crippen LogP contribution in [0, 0.1) is 0 Å². The Kier molecular flexibility index (Phi) is 4.79. The summed E-state index contributed by atoms with van der Waals surface area (Å²) in [6.45, 7) is 4.56. The summed E-state index contributed by atoms with van der Waals surface area (Å²) < 4.78 is 10.5. The molecule has 1 fully saturated rings. The maximum atomic E-state index is 12.5. The first-order valence-electron chi connectivity index (χ1n) is 9.25. The van der Waals surface area contributed by atoms with E-state index in [2.05, 4.69) is 9.97 Å². The van der Waals surface area contributed by atoms with Crippen LogP contribution in [0.2, 0.25) is 0 Å². The molecule has 8 heteroatoms. The van der Waals surface area contributed by atoms with E-state index in [1.807, 2.05) is 17.0 Å². The van der Waals surface area contributed by atoms with Crippen molar-refractivity contribution in [3.63, 3.8) is 0 Å². The molecule has 8 nitrogen and oxygen atoms in total. The van der Waals surface area contributed by atoms with E-state index in [-0.39, 0.29) is 17.8 Å². The number of furan rings is 1. The highest BCUT2D eigenvalue weighted by Crippen LogP contribution is 2.32. The summed E-state index contributed by atoms with van der Waals surface area (Å²) in [7, 11) is 0. The molecule has 0 saturated carbocycles. The van der Waals surface area contributed by atoms with Crippen molar-refractivity contribution in [1.29, 1.82) is 0 Å². The van der Waals surface area contributed by atoms with Gasteiger partial charge < -0.3 is 19.0 Å². The van der Waals surface area contributed by atoms with Crippen molar-refractivity contribution in [2.45, 2.75) is 25.7 Å². The Morgan fingerprint density at radius 2 is 2.11 bits per heavy atom. The normalized spacial score (nSPS) is 19.7. The molecule has 1 aliphatic heterocycles. The van der Waals surface area contributed by atoms with Crippen LogP contribution in [0.3, 0.4) is 0 Å². The Morgan fingerprint density at radius 3 is 2.81 bits per heavy atom. The van der Waals surface area contributed by atoms with E-state index in [1.54, 1.807) is 24.3 Å². The van der Waals surface area contributed by atoms with E-state index in [1.165, 1.54) is 0 Å². The Balaban J connectivity index is 1.48. The van der Waals surface area contributed by atoms with Gasteiger partial charge in [-0.05, 0) is 19.1 Å². The zero-order valence-corrected chi connectivity index (χ0v) is 15.3. The number of amides is 1. The van der Waals surface area contributed by atoms with E-state index in [0.717, 1.165) is 11.5 Å². The van der Waals surface area contributed by atoms with Gasteiger partial charge in [-0.25, -0.2) is 14.8 Å². The maximum Gasteiger partial charge on any atom is 0.409 e. The Hall–Kier alpha value is -2.90. The van der Waals surface area contributed by atoms with E-state index in [9.17, 15) is 9.59 Å². The van der Waals surface area contributed by atoms with Crippen molar-refractivity contribution in [3.8, 4) is 0 Å². The molecule has 0 unspecified atom stereocenters. The third-order valence-electron chi connectivity index (χ3n) is 5.06. The predicted octanol–water partition coefficient (Wildman–Crippen LogP) is 2.26. The topological polar surface area (TPSA) is 88.8 Å². The van der Waals surface area contributed by atoms with Crippen LogP contribution in [0.25, 0.3) is 0 Å². The highest BCUT2D eigenvalue weighted by atomic mass is 16.6. The lowest BCUT2D eigenvalue weighted by Crippen LogP contribution is -2.49. The lowest BCUT2D eigenvalue weighted by molar-refractivity contribution is 0.0957. The summed E-state index contributed by atoms with van der Waals surface area (Å²) in [4.78, 5) is 37.1. The number of fused-ring (bicyclic) bond motifs is 1. The third kappa shape index (κ3) is 3.51. The minimum absolute atomic E-state index is 0.0170. The van der Waals surface area contributed by atoms with Crippen molar-refractivity contribution in [2.24, 2.45) is 0 Å². The van der Waals surface area contributed by atoms with Gasteiger partial charge in [-0.15, -0.1) is 0 Å². The fourth-order valence-electron chi connectivity index (χ4n) is 3.62. The molecule has 0 aromatic carbocycles. The van der Waals surface area contributed by atoms with Gasteiger partial charge in [-0.2, -0.15) is 0 Å². The number of rotatable bonds is 3. The zero-order chi connectivity index (χ0) is 18.8. The van der Waals surface area contributed by atoms with Gasteiger partial charge >= 0.3 is 6.09 Å². The maximum absolute atomic E-state index is 12.5. The van der Waals surface area contributed by atoms with Gasteiger partial charge in [0.2, 0.25) is 5.95 Å². The number of hydrogen-bond acceptors (Lipinski definition) is 7. The van der Waals surface area contributed by atoms with E-state index >= 15 is 0 Å². The minimum atomic E-state index is -0.282. The zero-order valence-electron chi connectivity index (χ0n) is 15.3. The summed E-state index contributed by atoms with van der Waals surface area (Å²) in [6, 6.07) is 3.74. The van der Waals surface area contributed by atoms with Gasteiger partial charge in [0, 0.05) is 51.1 Å². The van der Waals surface area contributed by atoms with Crippen molar-refractivity contribution in [3.05, 3.63) is 41.6 Å². The van der Waals surface area contributed by atoms with E-state index in [4.69, 9.17) is 9.15 Å². The lowest BCUT2D eigenvalue weighted by atomic mass is 9.85. The number of anilines is 1. The van der Waals surface area contributed by atoms with Crippen molar-refractivity contribution < 1.29 is 18.7 Å². The van der Waals surface area contributed by atoms with Crippen LogP contribution in [0.1, 0.15) is 41.1 Å². The molecular formula is C19H22N4O4. The average molecular weight is 370 g/mol. The first kappa shape index (κ1) is 17.5. The number of carbonyl (C=O) groups excluding carboxylic acids is 2. The smallest absolute Gasteiger partial charge is 0.409 e. The second-order valence-corrected chi connectivity index (χ2v) is 6.75. The average Bonchev–Trinajstić information content (AvgIpc) is 3.23. The summed E-state index contributed by atoms with van der Waals surface area (Å²) >= 11 is 0. The highest BCUT2D eigenvalue weighted by molar-refractivity contribution is 5.98. The monoisotopic (exact) mass is 370 g/mol. The van der Waals surface area contributed by atoms with Gasteiger partial charge in [0.05, 0.1) is 24.1 Å². The first-order chi connectivity index (χ1) is 13.2. The quantitative estimate of drug-likeness (QED) is 0.819. The fraction of sp³-hybridized carbons (Fsp3) is 0.474. The Bertz CT molecular complexity index is 828. The van der Waals surface area contributed by atoms with Gasteiger partial charge in [-0.1, -0.05) is 0 Å². The standard InChI is InChI=1S/C19H22N4O4/c1-2-26-19(25)23-7-5-22(6-8-23)18-20-12-14-15(21-18)10-13(11-16(14)24)17-4-3-9-27-17/h3-4,9,12-13H,2,5-8,10-11H2,1H3/t13-/m1/s1. The summed E-state index contributed by atoms with van der Waals surface area (Å²) in [5.74, 6) is 1.49. The number of aromatic nitrogens is 2. The molecule has 2 aromatic rings.